The number of nitrogens with zero attached hydrogens (tertiary/aromatic N) is 3. The van der Waals surface area contributed by atoms with Gasteiger partial charge in [0.25, 0.3) is 10.0 Å². The lowest BCUT2D eigenvalue weighted by molar-refractivity contribution is 0.504. The minimum Gasteiger partial charge on any atom is -0.206 e. The average molecular weight is 241 g/mol. The second-order valence-electron chi connectivity index (χ2n) is 2.65. The maximum absolute atomic E-state index is 11.7. The third kappa shape index (κ3) is 2.34. The van der Waals surface area contributed by atoms with E-state index in [1.807, 2.05) is 6.07 Å². The molecule has 0 saturated carbocycles. The SMILES string of the molecule is CN(CC#N)S(=O)(=O)c1ccc(C#N)s1. The van der Waals surface area contributed by atoms with E-state index < -0.39 is 10.0 Å². The summed E-state index contributed by atoms with van der Waals surface area (Å²) in [4.78, 5) is 0.332. The summed E-state index contributed by atoms with van der Waals surface area (Å²) in [6.07, 6.45) is 0. The van der Waals surface area contributed by atoms with Crippen LogP contribution in [0.25, 0.3) is 0 Å². The molecular weight excluding hydrogens is 234 g/mol. The molecule has 1 heterocycles. The van der Waals surface area contributed by atoms with Crippen molar-refractivity contribution in [2.45, 2.75) is 4.21 Å². The van der Waals surface area contributed by atoms with E-state index in [1.165, 1.54) is 19.2 Å². The third-order valence-electron chi connectivity index (χ3n) is 1.65. The van der Waals surface area contributed by atoms with E-state index in [0.29, 0.717) is 4.88 Å². The Balaban J connectivity index is 3.08. The Morgan fingerprint density at radius 3 is 2.60 bits per heavy atom. The van der Waals surface area contributed by atoms with E-state index >= 15 is 0 Å². The van der Waals surface area contributed by atoms with Crippen molar-refractivity contribution in [2.24, 2.45) is 0 Å². The lowest BCUT2D eigenvalue weighted by Crippen LogP contribution is -2.26. The van der Waals surface area contributed by atoms with Crippen LogP contribution in [0.4, 0.5) is 0 Å². The van der Waals surface area contributed by atoms with Crippen LogP contribution in [0.1, 0.15) is 4.88 Å². The largest absolute Gasteiger partial charge is 0.253 e. The van der Waals surface area contributed by atoms with E-state index in [2.05, 4.69) is 0 Å². The highest BCUT2D eigenvalue weighted by Crippen LogP contribution is 2.23. The maximum atomic E-state index is 11.7. The van der Waals surface area contributed by atoms with E-state index in [9.17, 15) is 8.42 Å². The van der Waals surface area contributed by atoms with Crippen LogP contribution in [0, 0.1) is 22.7 Å². The highest BCUT2D eigenvalue weighted by atomic mass is 32.2. The summed E-state index contributed by atoms with van der Waals surface area (Å²) in [5.41, 5.74) is 0. The van der Waals surface area contributed by atoms with Crippen LogP contribution in [0.5, 0.6) is 0 Å². The van der Waals surface area contributed by atoms with Gasteiger partial charge in [0.1, 0.15) is 21.7 Å². The monoisotopic (exact) mass is 241 g/mol. The fraction of sp³-hybridized carbons (Fsp3) is 0.250. The summed E-state index contributed by atoms with van der Waals surface area (Å²) >= 11 is 0.894. The molecule has 0 aliphatic heterocycles. The van der Waals surface area contributed by atoms with Crippen molar-refractivity contribution in [2.75, 3.05) is 13.6 Å². The molecule has 15 heavy (non-hydrogen) atoms. The molecule has 0 fully saturated rings. The summed E-state index contributed by atoms with van der Waals surface area (Å²) < 4.78 is 24.5. The molecule has 1 rings (SSSR count). The number of hydrogen-bond acceptors (Lipinski definition) is 5. The molecule has 0 spiro atoms. The minimum atomic E-state index is -3.61. The number of sulfonamides is 1. The highest BCUT2D eigenvalue weighted by Gasteiger charge is 2.22. The van der Waals surface area contributed by atoms with Crippen molar-refractivity contribution in [1.82, 2.24) is 4.31 Å². The Morgan fingerprint density at radius 1 is 1.47 bits per heavy atom. The maximum Gasteiger partial charge on any atom is 0.253 e. The van der Waals surface area contributed by atoms with Crippen molar-refractivity contribution >= 4 is 21.4 Å². The summed E-state index contributed by atoms with van der Waals surface area (Å²) in [7, 11) is -2.29. The molecule has 0 N–H and O–H groups in total. The molecule has 0 saturated heterocycles. The van der Waals surface area contributed by atoms with Gasteiger partial charge in [0.15, 0.2) is 0 Å². The number of rotatable bonds is 3. The molecule has 5 nitrogen and oxygen atoms in total. The Kier molecular flexibility index (Phi) is 3.43. The van der Waals surface area contributed by atoms with Crippen molar-refractivity contribution < 1.29 is 8.42 Å². The fourth-order valence-corrected chi connectivity index (χ4v) is 3.24. The first-order chi connectivity index (χ1) is 7.02. The van der Waals surface area contributed by atoms with Crippen LogP contribution < -0.4 is 0 Å². The first kappa shape index (κ1) is 11.7. The van der Waals surface area contributed by atoms with E-state index in [0.717, 1.165) is 15.6 Å². The van der Waals surface area contributed by atoms with Crippen molar-refractivity contribution in [3.63, 3.8) is 0 Å². The summed E-state index contributed by atoms with van der Waals surface area (Å²) in [6, 6.07) is 6.42. The van der Waals surface area contributed by atoms with E-state index in [4.69, 9.17) is 10.5 Å². The fourth-order valence-electron chi connectivity index (χ4n) is 0.857. The lowest BCUT2D eigenvalue weighted by atomic mass is 10.5. The molecule has 1 aromatic rings. The molecule has 0 aromatic carbocycles. The van der Waals surface area contributed by atoms with Crippen molar-refractivity contribution in [3.05, 3.63) is 17.0 Å². The first-order valence-corrected chi connectivity index (χ1v) is 6.11. The smallest absolute Gasteiger partial charge is 0.206 e. The van der Waals surface area contributed by atoms with Crippen molar-refractivity contribution in [1.29, 1.82) is 10.5 Å². The van der Waals surface area contributed by atoms with Gasteiger partial charge in [-0.25, -0.2) is 8.42 Å². The topological polar surface area (TPSA) is 85.0 Å². The van der Waals surface area contributed by atoms with Gasteiger partial charge in [0.2, 0.25) is 0 Å². The van der Waals surface area contributed by atoms with Crippen LogP contribution in [0.15, 0.2) is 16.3 Å². The molecule has 1 aromatic heterocycles. The van der Waals surface area contributed by atoms with Gasteiger partial charge >= 0.3 is 0 Å². The quantitative estimate of drug-likeness (QED) is 0.731. The van der Waals surface area contributed by atoms with Crippen LogP contribution in [0.2, 0.25) is 0 Å². The Labute approximate surface area is 91.8 Å². The third-order valence-corrected chi connectivity index (χ3v) is 4.91. The molecule has 0 aliphatic carbocycles. The number of thiophene rings is 1. The molecule has 0 atom stereocenters. The first-order valence-electron chi connectivity index (χ1n) is 3.85. The zero-order valence-electron chi connectivity index (χ0n) is 7.84. The van der Waals surface area contributed by atoms with Gasteiger partial charge in [-0.2, -0.15) is 14.8 Å². The van der Waals surface area contributed by atoms with Gasteiger partial charge in [-0.15, -0.1) is 11.3 Å². The number of nitriles is 2. The molecular formula is C8H7N3O2S2. The highest BCUT2D eigenvalue weighted by molar-refractivity contribution is 7.91. The summed E-state index contributed by atoms with van der Waals surface area (Å²) in [6.45, 7) is -0.206. The van der Waals surface area contributed by atoms with Gasteiger partial charge in [-0.1, -0.05) is 0 Å². The predicted octanol–water partition coefficient (Wildman–Crippen LogP) is 0.764. The Bertz CT molecular complexity index is 533. The van der Waals surface area contributed by atoms with Crippen LogP contribution >= 0.6 is 11.3 Å². The zero-order valence-corrected chi connectivity index (χ0v) is 9.47. The van der Waals surface area contributed by atoms with Crippen LogP contribution in [-0.2, 0) is 10.0 Å². The van der Waals surface area contributed by atoms with Gasteiger partial charge < -0.3 is 0 Å². The number of hydrogen-bond donors (Lipinski definition) is 0. The van der Waals surface area contributed by atoms with E-state index in [-0.39, 0.29) is 10.8 Å². The summed E-state index contributed by atoms with van der Waals surface area (Å²) in [5, 5.41) is 17.0. The van der Waals surface area contributed by atoms with Crippen molar-refractivity contribution in [3.8, 4) is 12.1 Å². The molecule has 0 unspecified atom stereocenters. The van der Waals surface area contributed by atoms with E-state index in [1.54, 1.807) is 6.07 Å². The zero-order chi connectivity index (χ0) is 11.5. The molecule has 78 valence electrons. The molecule has 0 aliphatic rings. The molecule has 0 bridgehead atoms. The Morgan fingerprint density at radius 2 is 2.13 bits per heavy atom. The normalized spacial score (nSPS) is 10.9. The molecule has 7 heteroatoms. The van der Waals surface area contributed by atoms with Gasteiger partial charge in [-0.3, -0.25) is 0 Å². The van der Waals surface area contributed by atoms with Crippen LogP contribution in [-0.4, -0.2) is 26.3 Å². The second kappa shape index (κ2) is 4.41. The predicted molar refractivity (Wildman–Crippen MR) is 54.5 cm³/mol. The standard InChI is InChI=1S/C8H7N3O2S2/c1-11(5-4-9)15(12,13)8-3-2-7(6-10)14-8/h2-3H,5H2,1H3. The second-order valence-corrected chi connectivity index (χ2v) is 6.01. The van der Waals surface area contributed by atoms with Gasteiger partial charge in [-0.05, 0) is 12.1 Å². The molecule has 0 radical (unpaired) electrons. The van der Waals surface area contributed by atoms with Gasteiger partial charge in [0, 0.05) is 7.05 Å². The average Bonchev–Trinajstić information content (AvgIpc) is 2.66. The van der Waals surface area contributed by atoms with Gasteiger partial charge in [0.05, 0.1) is 6.07 Å². The Hall–Kier alpha value is -1.41. The lowest BCUT2D eigenvalue weighted by Gasteiger charge is -2.10. The minimum absolute atomic E-state index is 0.0804. The summed E-state index contributed by atoms with van der Waals surface area (Å²) in [5.74, 6) is 0. The molecule has 0 amide bonds. The van der Waals surface area contributed by atoms with Crippen LogP contribution in [0.3, 0.4) is 0 Å².